The lowest BCUT2D eigenvalue weighted by Crippen LogP contribution is -1.87. The van der Waals surface area contributed by atoms with Crippen LogP contribution in [0.15, 0.2) is 41.1 Å². The van der Waals surface area contributed by atoms with Crippen LogP contribution in [-0.2, 0) is 6.42 Å². The molecular formula is C10H8INO. The van der Waals surface area contributed by atoms with E-state index in [4.69, 9.17) is 4.42 Å². The van der Waals surface area contributed by atoms with Crippen LogP contribution in [0.5, 0.6) is 0 Å². The summed E-state index contributed by atoms with van der Waals surface area (Å²) in [4.78, 5) is 4.07. The fourth-order valence-electron chi connectivity index (χ4n) is 1.16. The molecule has 0 amide bonds. The Morgan fingerprint density at radius 2 is 2.31 bits per heavy atom. The topological polar surface area (TPSA) is 26.0 Å². The maximum Gasteiger partial charge on any atom is 0.198 e. The van der Waals surface area contributed by atoms with Crippen LogP contribution in [0.25, 0.3) is 0 Å². The second-order valence-electron chi connectivity index (χ2n) is 2.73. The molecule has 0 radical (unpaired) electrons. The minimum absolute atomic E-state index is 0.766. The smallest absolute Gasteiger partial charge is 0.198 e. The van der Waals surface area contributed by atoms with Crippen molar-refractivity contribution in [2.75, 3.05) is 0 Å². The molecule has 1 heterocycles. The van der Waals surface area contributed by atoms with Crippen molar-refractivity contribution in [1.82, 2.24) is 4.98 Å². The van der Waals surface area contributed by atoms with Gasteiger partial charge in [0.2, 0.25) is 0 Å². The largest absolute Gasteiger partial charge is 0.449 e. The van der Waals surface area contributed by atoms with Gasteiger partial charge in [-0.3, -0.25) is 0 Å². The molecule has 0 aliphatic rings. The van der Waals surface area contributed by atoms with Crippen molar-refractivity contribution in [1.29, 1.82) is 0 Å². The van der Waals surface area contributed by atoms with E-state index in [1.807, 2.05) is 6.07 Å². The van der Waals surface area contributed by atoms with Crippen molar-refractivity contribution in [2.45, 2.75) is 6.42 Å². The van der Waals surface area contributed by atoms with Gasteiger partial charge < -0.3 is 4.42 Å². The SMILES string of the molecule is Ic1cccc(Cc2ncco2)c1. The highest BCUT2D eigenvalue weighted by atomic mass is 127. The van der Waals surface area contributed by atoms with Crippen LogP contribution in [0, 0.1) is 3.57 Å². The quantitative estimate of drug-likeness (QED) is 0.793. The van der Waals surface area contributed by atoms with Crippen LogP contribution in [0.1, 0.15) is 11.5 Å². The maximum absolute atomic E-state index is 5.16. The standard InChI is InChI=1S/C10H8INO/c11-9-3-1-2-8(6-9)7-10-12-4-5-13-10/h1-6H,7H2. The third-order valence-corrected chi connectivity index (χ3v) is 2.40. The molecule has 0 saturated heterocycles. The Labute approximate surface area is 90.1 Å². The van der Waals surface area contributed by atoms with E-state index >= 15 is 0 Å². The van der Waals surface area contributed by atoms with E-state index in [0.717, 1.165) is 12.3 Å². The van der Waals surface area contributed by atoms with Crippen molar-refractivity contribution in [3.63, 3.8) is 0 Å². The normalized spacial score (nSPS) is 10.2. The van der Waals surface area contributed by atoms with Gasteiger partial charge in [0.05, 0.1) is 6.20 Å². The monoisotopic (exact) mass is 285 g/mol. The summed E-state index contributed by atoms with van der Waals surface area (Å²) >= 11 is 2.30. The molecule has 0 atom stereocenters. The first kappa shape index (κ1) is 8.74. The predicted molar refractivity (Wildman–Crippen MR) is 58.5 cm³/mol. The summed E-state index contributed by atoms with van der Waals surface area (Å²) in [5, 5.41) is 0. The minimum atomic E-state index is 0.766. The maximum atomic E-state index is 5.16. The molecule has 0 saturated carbocycles. The Hall–Kier alpha value is -0.840. The highest BCUT2D eigenvalue weighted by molar-refractivity contribution is 14.1. The number of benzene rings is 1. The summed E-state index contributed by atoms with van der Waals surface area (Å²) in [6, 6.07) is 8.32. The molecule has 13 heavy (non-hydrogen) atoms. The van der Waals surface area contributed by atoms with Crippen molar-refractivity contribution in [2.24, 2.45) is 0 Å². The molecule has 2 aromatic rings. The zero-order chi connectivity index (χ0) is 9.10. The van der Waals surface area contributed by atoms with Gasteiger partial charge in [0, 0.05) is 9.99 Å². The Morgan fingerprint density at radius 3 is 3.00 bits per heavy atom. The number of nitrogens with zero attached hydrogens (tertiary/aromatic N) is 1. The number of rotatable bonds is 2. The van der Waals surface area contributed by atoms with Crippen LogP contribution in [0.3, 0.4) is 0 Å². The fourth-order valence-corrected chi connectivity index (χ4v) is 1.77. The first-order valence-electron chi connectivity index (χ1n) is 3.97. The van der Waals surface area contributed by atoms with Gasteiger partial charge in [0.1, 0.15) is 6.26 Å². The Balaban J connectivity index is 2.19. The van der Waals surface area contributed by atoms with E-state index in [1.165, 1.54) is 9.13 Å². The van der Waals surface area contributed by atoms with E-state index in [9.17, 15) is 0 Å². The molecule has 2 nitrogen and oxygen atoms in total. The third-order valence-electron chi connectivity index (χ3n) is 1.73. The third kappa shape index (κ3) is 2.30. The van der Waals surface area contributed by atoms with Gasteiger partial charge in [0.25, 0.3) is 0 Å². The molecule has 2 rings (SSSR count). The number of halogens is 1. The molecule has 0 spiro atoms. The molecule has 0 unspecified atom stereocenters. The van der Waals surface area contributed by atoms with Gasteiger partial charge in [-0.25, -0.2) is 4.98 Å². The number of aromatic nitrogens is 1. The summed E-state index contributed by atoms with van der Waals surface area (Å²) in [5.74, 6) is 0.766. The summed E-state index contributed by atoms with van der Waals surface area (Å²) < 4.78 is 6.40. The minimum Gasteiger partial charge on any atom is -0.449 e. The highest BCUT2D eigenvalue weighted by Gasteiger charge is 1.99. The first-order valence-corrected chi connectivity index (χ1v) is 5.05. The zero-order valence-corrected chi connectivity index (χ0v) is 9.06. The molecular weight excluding hydrogens is 277 g/mol. The van der Waals surface area contributed by atoms with Crippen molar-refractivity contribution in [3.8, 4) is 0 Å². The fraction of sp³-hybridized carbons (Fsp3) is 0.100. The molecule has 0 aliphatic carbocycles. The first-order chi connectivity index (χ1) is 6.34. The Morgan fingerprint density at radius 1 is 1.38 bits per heavy atom. The number of oxazole rings is 1. The molecule has 0 aliphatic heterocycles. The van der Waals surface area contributed by atoms with E-state index < -0.39 is 0 Å². The molecule has 66 valence electrons. The lowest BCUT2D eigenvalue weighted by molar-refractivity contribution is 0.507. The zero-order valence-electron chi connectivity index (χ0n) is 6.90. The molecule has 1 aromatic carbocycles. The van der Waals surface area contributed by atoms with Crippen LogP contribution in [-0.4, -0.2) is 4.98 Å². The van der Waals surface area contributed by atoms with Crippen LogP contribution in [0.4, 0.5) is 0 Å². The van der Waals surface area contributed by atoms with Gasteiger partial charge in [0.15, 0.2) is 5.89 Å². The molecule has 1 aromatic heterocycles. The lowest BCUT2D eigenvalue weighted by atomic mass is 10.1. The van der Waals surface area contributed by atoms with Crippen molar-refractivity contribution in [3.05, 3.63) is 51.7 Å². The number of hydrogen-bond donors (Lipinski definition) is 0. The van der Waals surface area contributed by atoms with E-state index in [-0.39, 0.29) is 0 Å². The van der Waals surface area contributed by atoms with Crippen LogP contribution < -0.4 is 0 Å². The summed E-state index contributed by atoms with van der Waals surface area (Å²) in [7, 11) is 0. The van der Waals surface area contributed by atoms with Crippen LogP contribution in [0.2, 0.25) is 0 Å². The average molecular weight is 285 g/mol. The van der Waals surface area contributed by atoms with Crippen LogP contribution >= 0.6 is 22.6 Å². The second-order valence-corrected chi connectivity index (χ2v) is 3.98. The highest BCUT2D eigenvalue weighted by Crippen LogP contribution is 2.11. The molecule has 0 N–H and O–H groups in total. The van der Waals surface area contributed by atoms with E-state index in [1.54, 1.807) is 12.5 Å². The van der Waals surface area contributed by atoms with Crippen molar-refractivity contribution < 1.29 is 4.42 Å². The molecule has 0 fully saturated rings. The Bertz CT molecular complexity index is 384. The van der Waals surface area contributed by atoms with Gasteiger partial charge in [-0.15, -0.1) is 0 Å². The summed E-state index contributed by atoms with van der Waals surface area (Å²) in [6.45, 7) is 0. The second kappa shape index (κ2) is 3.91. The van der Waals surface area contributed by atoms with Gasteiger partial charge in [-0.2, -0.15) is 0 Å². The molecule has 0 bridgehead atoms. The lowest BCUT2D eigenvalue weighted by Gasteiger charge is -1.97. The van der Waals surface area contributed by atoms with Crippen molar-refractivity contribution >= 4 is 22.6 Å². The molecule has 3 heteroatoms. The predicted octanol–water partition coefficient (Wildman–Crippen LogP) is 2.87. The van der Waals surface area contributed by atoms with Gasteiger partial charge >= 0.3 is 0 Å². The number of hydrogen-bond acceptors (Lipinski definition) is 2. The van der Waals surface area contributed by atoms with E-state index in [0.29, 0.717) is 0 Å². The van der Waals surface area contributed by atoms with Gasteiger partial charge in [-0.1, -0.05) is 12.1 Å². The average Bonchev–Trinajstić information content (AvgIpc) is 2.57. The van der Waals surface area contributed by atoms with E-state index in [2.05, 4.69) is 45.8 Å². The summed E-state index contributed by atoms with van der Waals surface area (Å²) in [5.41, 5.74) is 1.23. The summed E-state index contributed by atoms with van der Waals surface area (Å²) in [6.07, 6.45) is 4.04. The van der Waals surface area contributed by atoms with Gasteiger partial charge in [-0.05, 0) is 40.3 Å². The Kier molecular flexibility index (Phi) is 2.63.